The van der Waals surface area contributed by atoms with Gasteiger partial charge in [0, 0.05) is 41.8 Å². The molecule has 0 saturated carbocycles. The summed E-state index contributed by atoms with van der Waals surface area (Å²) in [4.78, 5) is 27.5. The van der Waals surface area contributed by atoms with E-state index in [-0.39, 0.29) is 18.0 Å². The molecule has 46 heavy (non-hydrogen) atoms. The lowest BCUT2D eigenvalue weighted by atomic mass is 9.84. The van der Waals surface area contributed by atoms with Crippen LogP contribution in [0.15, 0.2) is 108 Å². The second-order valence-electron chi connectivity index (χ2n) is 11.4. The number of amides is 2. The number of benzene rings is 4. The molecule has 10 heteroatoms. The van der Waals surface area contributed by atoms with Crippen molar-refractivity contribution in [2.75, 3.05) is 25.5 Å². The quantitative estimate of drug-likeness (QED) is 0.123. The largest absolute Gasteiger partial charge is 0.465 e. The van der Waals surface area contributed by atoms with Crippen LogP contribution in [-0.4, -0.2) is 60.4 Å². The number of hydrogen-bond donors (Lipinski definition) is 4. The molecular formula is C36H37BrFN3O4S. The highest BCUT2D eigenvalue weighted by molar-refractivity contribution is 9.10. The van der Waals surface area contributed by atoms with Crippen molar-refractivity contribution in [1.82, 2.24) is 10.2 Å². The summed E-state index contributed by atoms with van der Waals surface area (Å²) in [5.41, 5.74) is 3.66. The minimum absolute atomic E-state index is 0.151. The van der Waals surface area contributed by atoms with E-state index in [4.69, 9.17) is 17.4 Å². The Morgan fingerprint density at radius 1 is 1.00 bits per heavy atom. The zero-order chi connectivity index (χ0) is 32.6. The molecule has 0 aliphatic carbocycles. The first-order valence-corrected chi connectivity index (χ1v) is 16.5. The molecule has 4 aromatic rings. The molecule has 7 nitrogen and oxygen atoms in total. The summed E-state index contributed by atoms with van der Waals surface area (Å²) in [7, 11) is 1.43. The summed E-state index contributed by atoms with van der Waals surface area (Å²) in [6.07, 6.45) is -0.434. The smallest absolute Gasteiger partial charge is 0.407 e. The number of nitrogens with zero attached hydrogens (tertiary/aromatic N) is 1. The Morgan fingerprint density at radius 3 is 2.26 bits per heavy atom. The number of hydrogen-bond acceptors (Lipinski definition) is 5. The summed E-state index contributed by atoms with van der Waals surface area (Å²) < 4.78 is 21.7. The molecule has 4 aromatic carbocycles. The van der Waals surface area contributed by atoms with Crippen LogP contribution in [0.4, 0.5) is 14.9 Å². The summed E-state index contributed by atoms with van der Waals surface area (Å²) in [5, 5.41) is 16.1. The van der Waals surface area contributed by atoms with E-state index in [1.54, 1.807) is 12.1 Å². The molecule has 0 spiro atoms. The van der Waals surface area contributed by atoms with Gasteiger partial charge in [-0.15, -0.1) is 0 Å². The average Bonchev–Trinajstić information content (AvgIpc) is 3.07. The van der Waals surface area contributed by atoms with Gasteiger partial charge in [0.2, 0.25) is 5.91 Å². The van der Waals surface area contributed by atoms with Gasteiger partial charge in [0.25, 0.3) is 0 Å². The number of anilines is 1. The van der Waals surface area contributed by atoms with Crippen molar-refractivity contribution in [3.63, 3.8) is 0 Å². The van der Waals surface area contributed by atoms with Crippen LogP contribution in [0, 0.1) is 5.82 Å². The molecule has 1 fully saturated rings. The van der Waals surface area contributed by atoms with E-state index in [9.17, 15) is 19.1 Å². The Bertz CT molecular complexity index is 1590. The molecule has 0 bridgehead atoms. The molecule has 1 unspecified atom stereocenters. The van der Waals surface area contributed by atoms with Gasteiger partial charge in [0.1, 0.15) is 11.9 Å². The van der Waals surface area contributed by atoms with Gasteiger partial charge >= 0.3 is 6.09 Å². The first kappa shape index (κ1) is 33.7. The van der Waals surface area contributed by atoms with Gasteiger partial charge in [0.15, 0.2) is 0 Å². The number of ether oxygens (including phenoxy) is 1. The number of aryl methyl sites for hydroxylation is 1. The van der Waals surface area contributed by atoms with Crippen LogP contribution < -0.4 is 10.6 Å². The average molecular weight is 707 g/mol. The minimum atomic E-state index is -1.20. The maximum atomic E-state index is 14.6. The summed E-state index contributed by atoms with van der Waals surface area (Å²) in [5.74, 6) is -1.31. The van der Waals surface area contributed by atoms with Gasteiger partial charge in [0.05, 0.1) is 17.5 Å². The van der Waals surface area contributed by atoms with Crippen molar-refractivity contribution in [1.29, 1.82) is 0 Å². The topological polar surface area (TPSA) is 90.9 Å². The van der Waals surface area contributed by atoms with E-state index in [2.05, 4.69) is 26.6 Å². The molecule has 240 valence electrons. The van der Waals surface area contributed by atoms with Crippen LogP contribution in [0.5, 0.6) is 0 Å². The van der Waals surface area contributed by atoms with Crippen molar-refractivity contribution in [2.45, 2.75) is 42.3 Å². The highest BCUT2D eigenvalue weighted by Crippen LogP contribution is 2.34. The monoisotopic (exact) mass is 705 g/mol. The minimum Gasteiger partial charge on any atom is -0.465 e. The number of carbonyl (C=O) groups is 2. The highest BCUT2D eigenvalue weighted by atomic mass is 79.9. The van der Waals surface area contributed by atoms with E-state index in [0.717, 1.165) is 21.6 Å². The zero-order valence-electron chi connectivity index (χ0n) is 25.4. The maximum Gasteiger partial charge on any atom is 0.407 e. The van der Waals surface area contributed by atoms with Gasteiger partial charge in [-0.1, -0.05) is 101 Å². The third kappa shape index (κ3) is 8.17. The number of rotatable bonds is 11. The Morgan fingerprint density at radius 2 is 1.63 bits per heavy atom. The zero-order valence-corrected chi connectivity index (χ0v) is 27.8. The number of likely N-dealkylation sites (N-methyl/N-ethyl adjacent to an activating group) is 1. The van der Waals surface area contributed by atoms with Gasteiger partial charge in [-0.05, 0) is 47.7 Å². The lowest BCUT2D eigenvalue weighted by Gasteiger charge is -2.34. The lowest BCUT2D eigenvalue weighted by Crippen LogP contribution is -2.48. The van der Waals surface area contributed by atoms with Crippen molar-refractivity contribution in [2.24, 2.45) is 0 Å². The normalized spacial score (nSPS) is 17.7. The lowest BCUT2D eigenvalue weighted by molar-refractivity contribution is -0.120. The predicted molar refractivity (Wildman–Crippen MR) is 185 cm³/mol. The third-order valence-electron chi connectivity index (χ3n) is 8.35. The molecule has 1 aliphatic heterocycles. The van der Waals surface area contributed by atoms with E-state index >= 15 is 0 Å². The van der Waals surface area contributed by atoms with Crippen LogP contribution in [0.3, 0.4) is 0 Å². The number of thiol groups is 1. The van der Waals surface area contributed by atoms with Crippen LogP contribution in [0.25, 0.3) is 0 Å². The van der Waals surface area contributed by atoms with Crippen molar-refractivity contribution >= 4 is 46.2 Å². The summed E-state index contributed by atoms with van der Waals surface area (Å²) in [6, 6.07) is 30.4. The van der Waals surface area contributed by atoms with Gasteiger partial charge in [-0.3, -0.25) is 9.69 Å². The molecule has 4 atom stereocenters. The molecule has 5 rings (SSSR count). The molecule has 0 radical (unpaired) electrons. The number of carbonyl (C=O) groups excluding carboxylic acids is 1. The Labute approximate surface area is 282 Å². The fourth-order valence-electron chi connectivity index (χ4n) is 5.96. The second-order valence-corrected chi connectivity index (χ2v) is 12.9. The summed E-state index contributed by atoms with van der Waals surface area (Å²) >= 11 is 8.00. The molecule has 1 heterocycles. The van der Waals surface area contributed by atoms with Gasteiger partial charge < -0.3 is 20.5 Å². The van der Waals surface area contributed by atoms with E-state index in [1.807, 2.05) is 84.9 Å². The maximum absolute atomic E-state index is 14.6. The summed E-state index contributed by atoms with van der Waals surface area (Å²) in [6.45, 7) is 1.19. The van der Waals surface area contributed by atoms with Crippen LogP contribution >= 0.6 is 28.6 Å². The third-order valence-corrected chi connectivity index (χ3v) is 9.45. The first-order valence-electron chi connectivity index (χ1n) is 15.2. The van der Waals surface area contributed by atoms with Crippen LogP contribution in [0.1, 0.15) is 39.8 Å². The number of para-hydroxylation sites is 1. The van der Waals surface area contributed by atoms with Crippen molar-refractivity contribution < 1.29 is 23.8 Å². The predicted octanol–water partition coefficient (Wildman–Crippen LogP) is 7.30. The Hall–Kier alpha value is -3.70. The van der Waals surface area contributed by atoms with E-state index < -0.39 is 29.2 Å². The molecule has 3 N–H and O–H groups in total. The molecular weight excluding hydrogens is 669 g/mol. The Kier molecular flexibility index (Phi) is 11.5. The molecule has 2 amide bonds. The van der Waals surface area contributed by atoms with Crippen molar-refractivity contribution in [3.8, 4) is 0 Å². The molecule has 1 saturated heterocycles. The first-order chi connectivity index (χ1) is 22.2. The molecule has 1 aliphatic rings. The number of halogens is 2. The number of morpholine rings is 1. The van der Waals surface area contributed by atoms with Crippen LogP contribution in [-0.2, 0) is 16.0 Å². The fourth-order valence-corrected chi connectivity index (χ4v) is 6.68. The van der Waals surface area contributed by atoms with Crippen LogP contribution in [0.2, 0.25) is 0 Å². The second kappa shape index (κ2) is 15.7. The van der Waals surface area contributed by atoms with E-state index in [1.165, 1.54) is 13.1 Å². The number of carboxylic acid groups (broad SMARTS) is 1. The Balaban J connectivity index is 1.33. The van der Waals surface area contributed by atoms with E-state index in [0.29, 0.717) is 41.7 Å². The standard InChI is InChI=1S/C36H37BrFN3O4S/c1-41(36(43)44)33(32(24-11-4-2-5-12-24)25-13-6-3-7-14-25)35(42)40-30-15-9-8-10-23(30)16-18-27-21-39-22-31(45-27)34(46)28-19-17-26(37)20-29(28)38/h2-15,17,19-20,27,31-34,39,46H,16,18,21-22H2,1H3,(H,40,42)(H,43,44)/t27-,31+,33+,34?/m1/s1. The van der Waals surface area contributed by atoms with Gasteiger partial charge in [-0.2, -0.15) is 12.6 Å². The highest BCUT2D eigenvalue weighted by Gasteiger charge is 2.37. The SMILES string of the molecule is CN(C(=O)O)[C@H](C(=O)Nc1ccccc1CC[C@@H]1CNC[C@@H](C(S)c2ccc(Br)cc2F)O1)C(c1ccccc1)c1ccccc1. The fraction of sp³-hybridized carbons (Fsp3) is 0.278. The van der Waals surface area contributed by atoms with Crippen molar-refractivity contribution in [3.05, 3.63) is 136 Å². The molecule has 0 aromatic heterocycles. The van der Waals surface area contributed by atoms with Gasteiger partial charge in [-0.25, -0.2) is 9.18 Å². The number of nitrogens with one attached hydrogen (secondary N) is 2.